The minimum Gasteiger partial charge on any atom is -0.325 e. The first-order valence-electron chi connectivity index (χ1n) is 4.33. The van der Waals surface area contributed by atoms with Crippen molar-refractivity contribution in [2.45, 2.75) is 0 Å². The molecule has 0 spiro atoms. The molecule has 9 nitrogen and oxygen atoms in total. The summed E-state index contributed by atoms with van der Waals surface area (Å²) < 4.78 is 0. The van der Waals surface area contributed by atoms with E-state index in [0.29, 0.717) is 0 Å². The molecule has 0 radical (unpaired) electrons. The van der Waals surface area contributed by atoms with E-state index >= 15 is 0 Å². The molecule has 1 aromatic rings. The predicted molar refractivity (Wildman–Crippen MR) is 56.5 cm³/mol. The van der Waals surface area contributed by atoms with Gasteiger partial charge in [-0.1, -0.05) is 0 Å². The van der Waals surface area contributed by atoms with E-state index in [1.54, 1.807) is 0 Å². The minimum absolute atomic E-state index is 0.118. The number of rotatable bonds is 2. The minimum atomic E-state index is -0.881. The number of benzene rings is 1. The quantitative estimate of drug-likeness (QED) is 0.511. The van der Waals surface area contributed by atoms with Crippen LogP contribution in [0, 0.1) is 31.0 Å². The largest absolute Gasteiger partial charge is 0.346 e. The van der Waals surface area contributed by atoms with Crippen LogP contribution in [0.15, 0.2) is 12.1 Å². The molecule has 86 valence electrons. The average molecular weight is 235 g/mol. The number of fused-ring (bicyclic) bond motifs is 1. The van der Waals surface area contributed by atoms with Crippen LogP contribution in [0.4, 0.5) is 11.4 Å². The van der Waals surface area contributed by atoms with Crippen LogP contribution >= 0.6 is 0 Å². The van der Waals surface area contributed by atoms with Gasteiger partial charge in [0.05, 0.1) is 9.85 Å². The molecule has 0 saturated carbocycles. The van der Waals surface area contributed by atoms with Crippen molar-refractivity contribution in [2.75, 3.05) is 0 Å². The van der Waals surface area contributed by atoms with Crippen LogP contribution in [0.5, 0.6) is 0 Å². The van der Waals surface area contributed by atoms with Crippen LogP contribution in [0.3, 0.4) is 0 Å². The molecule has 9 heteroatoms. The maximum Gasteiger partial charge on any atom is 0.346 e. The lowest BCUT2D eigenvalue weighted by Gasteiger charge is -1.98. The second kappa shape index (κ2) is 3.33. The Kier molecular flexibility index (Phi) is 2.09. The highest BCUT2D eigenvalue weighted by Gasteiger charge is 2.32. The van der Waals surface area contributed by atoms with Gasteiger partial charge in [-0.3, -0.25) is 31.0 Å². The van der Waals surface area contributed by atoms with Crippen LogP contribution in [-0.2, 0) is 0 Å². The number of hydrogen-bond donors (Lipinski definition) is 3. The summed E-state index contributed by atoms with van der Waals surface area (Å²) in [4.78, 5) is 19.6. The normalized spacial score (nSPS) is 13.2. The van der Waals surface area contributed by atoms with Gasteiger partial charge in [-0.25, -0.2) is 0 Å². The van der Waals surface area contributed by atoms with E-state index < -0.39 is 21.2 Å². The summed E-state index contributed by atoms with van der Waals surface area (Å²) in [5.74, 6) is -0.356. The highest BCUT2D eigenvalue weighted by atomic mass is 16.6. The number of nitrogens with one attached hydrogen (secondary N) is 3. The molecule has 0 amide bonds. The zero-order valence-corrected chi connectivity index (χ0v) is 8.18. The van der Waals surface area contributed by atoms with Gasteiger partial charge < -0.3 is 5.32 Å². The van der Waals surface area contributed by atoms with Gasteiger partial charge in [0.2, 0.25) is 0 Å². The van der Waals surface area contributed by atoms with E-state index in [1.165, 1.54) is 0 Å². The van der Waals surface area contributed by atoms with Crippen LogP contribution in [0.2, 0.25) is 0 Å². The van der Waals surface area contributed by atoms with Crippen molar-refractivity contribution in [3.05, 3.63) is 43.5 Å². The lowest BCUT2D eigenvalue weighted by molar-refractivity contribution is -0.422. The summed E-state index contributed by atoms with van der Waals surface area (Å²) >= 11 is 0. The van der Waals surface area contributed by atoms with Crippen molar-refractivity contribution in [2.24, 2.45) is 0 Å². The Morgan fingerprint density at radius 3 is 1.59 bits per heavy atom. The second-order valence-corrected chi connectivity index (χ2v) is 3.28. The van der Waals surface area contributed by atoms with Gasteiger partial charge in [0.25, 0.3) is 0 Å². The Balaban J connectivity index is 2.76. The second-order valence-electron chi connectivity index (χ2n) is 3.28. The van der Waals surface area contributed by atoms with Crippen LogP contribution in [0.25, 0.3) is 0 Å². The molecule has 1 aliphatic heterocycles. The topological polar surface area (TPSA) is 146 Å². The summed E-state index contributed by atoms with van der Waals surface area (Å²) in [6.45, 7) is 0. The maximum atomic E-state index is 10.7. The van der Waals surface area contributed by atoms with Crippen LogP contribution < -0.4 is 5.32 Å². The summed E-state index contributed by atoms with van der Waals surface area (Å²) in [7, 11) is 0. The van der Waals surface area contributed by atoms with Gasteiger partial charge in [0.1, 0.15) is 11.7 Å². The van der Waals surface area contributed by atoms with Crippen molar-refractivity contribution in [1.82, 2.24) is 5.32 Å². The lowest BCUT2D eigenvalue weighted by atomic mass is 10.1. The van der Waals surface area contributed by atoms with Gasteiger partial charge in [0.15, 0.2) is 0 Å². The smallest absolute Gasteiger partial charge is 0.325 e. The van der Waals surface area contributed by atoms with E-state index in [0.717, 1.165) is 12.1 Å². The fraction of sp³-hybridized carbons (Fsp3) is 0. The van der Waals surface area contributed by atoms with Crippen LogP contribution in [0.1, 0.15) is 11.1 Å². The lowest BCUT2D eigenvalue weighted by Crippen LogP contribution is -2.20. The van der Waals surface area contributed by atoms with Gasteiger partial charge in [-0.2, -0.15) is 0 Å². The SMILES string of the molecule is N=C1NC(=N)c2cc([N+](=O)[O-])c([N+](=O)[O-])cc21. The number of amidine groups is 2. The van der Waals surface area contributed by atoms with Crippen molar-refractivity contribution in [1.29, 1.82) is 10.8 Å². The van der Waals surface area contributed by atoms with Crippen molar-refractivity contribution in [3.8, 4) is 0 Å². The van der Waals surface area contributed by atoms with Gasteiger partial charge >= 0.3 is 11.4 Å². The van der Waals surface area contributed by atoms with Crippen molar-refractivity contribution < 1.29 is 9.85 Å². The zero-order valence-electron chi connectivity index (χ0n) is 8.18. The van der Waals surface area contributed by atoms with Gasteiger partial charge in [-0.05, 0) is 0 Å². The molecule has 17 heavy (non-hydrogen) atoms. The Bertz CT molecular complexity index is 543. The molecule has 0 saturated heterocycles. The number of nitrogens with zero attached hydrogens (tertiary/aromatic N) is 2. The third kappa shape index (κ3) is 1.49. The molecule has 2 rings (SSSR count). The fourth-order valence-corrected chi connectivity index (χ4v) is 1.54. The summed E-state index contributed by atoms with van der Waals surface area (Å²) in [5, 5.41) is 38.5. The highest BCUT2D eigenvalue weighted by Crippen LogP contribution is 2.31. The molecule has 1 aliphatic rings. The molecule has 0 aliphatic carbocycles. The molecular formula is C8H5N5O4. The zero-order chi connectivity index (χ0) is 12.7. The standard InChI is InChI=1S/C8H5N5O4/c9-7-3-1-5(12(14)15)6(13(16)17)2-4(3)8(10)11-7/h1-2H,(H3,9,10,11). The van der Waals surface area contributed by atoms with E-state index in [1.807, 2.05) is 0 Å². The molecule has 1 heterocycles. The third-order valence-electron chi connectivity index (χ3n) is 2.30. The van der Waals surface area contributed by atoms with E-state index in [4.69, 9.17) is 10.8 Å². The Hall–Kier alpha value is -2.84. The molecule has 0 atom stereocenters. The molecule has 0 aromatic heterocycles. The van der Waals surface area contributed by atoms with E-state index in [9.17, 15) is 20.2 Å². The molecule has 0 fully saturated rings. The molecule has 0 bridgehead atoms. The molecule has 3 N–H and O–H groups in total. The first-order chi connectivity index (χ1) is 7.91. The highest BCUT2D eigenvalue weighted by molar-refractivity contribution is 6.23. The molecule has 1 aromatic carbocycles. The van der Waals surface area contributed by atoms with Crippen molar-refractivity contribution in [3.63, 3.8) is 0 Å². The monoisotopic (exact) mass is 235 g/mol. The Morgan fingerprint density at radius 1 is 0.941 bits per heavy atom. The fourth-order valence-electron chi connectivity index (χ4n) is 1.54. The Labute approximate surface area is 93.4 Å². The first kappa shape index (κ1) is 10.7. The average Bonchev–Trinajstić information content (AvgIpc) is 2.52. The van der Waals surface area contributed by atoms with E-state index in [-0.39, 0.29) is 22.8 Å². The van der Waals surface area contributed by atoms with Crippen molar-refractivity contribution >= 4 is 23.0 Å². The first-order valence-corrected chi connectivity index (χ1v) is 4.33. The maximum absolute atomic E-state index is 10.7. The number of nitro benzene ring substituents is 2. The predicted octanol–water partition coefficient (Wildman–Crippen LogP) is 0.757. The molecular weight excluding hydrogens is 230 g/mol. The van der Waals surface area contributed by atoms with Crippen LogP contribution in [-0.4, -0.2) is 21.5 Å². The number of hydrogen-bond acceptors (Lipinski definition) is 6. The van der Waals surface area contributed by atoms with Gasteiger partial charge in [-0.15, -0.1) is 0 Å². The summed E-state index contributed by atoms with van der Waals surface area (Å²) in [6, 6.07) is 1.87. The Morgan fingerprint density at radius 2 is 1.29 bits per heavy atom. The van der Waals surface area contributed by atoms with Gasteiger partial charge in [0, 0.05) is 23.3 Å². The van der Waals surface area contributed by atoms with E-state index in [2.05, 4.69) is 5.32 Å². The summed E-state index contributed by atoms with van der Waals surface area (Å²) in [5.41, 5.74) is -1.13. The third-order valence-corrected chi connectivity index (χ3v) is 2.30. The number of nitro groups is 2. The molecule has 0 unspecified atom stereocenters. The summed E-state index contributed by atoms with van der Waals surface area (Å²) in [6.07, 6.45) is 0.